The average molecular weight is 218 g/mol. The fourth-order valence-electron chi connectivity index (χ4n) is 2.45. The van der Waals surface area contributed by atoms with Gasteiger partial charge >= 0.3 is 0 Å². The van der Waals surface area contributed by atoms with E-state index in [0.717, 1.165) is 39.0 Å². The summed E-state index contributed by atoms with van der Waals surface area (Å²) in [5.41, 5.74) is 0. The number of rotatable bonds is 1. The second-order valence-electron chi connectivity index (χ2n) is 4.37. The Kier molecular flexibility index (Phi) is 2.81. The lowest BCUT2D eigenvalue weighted by atomic mass is 10.00. The predicted molar refractivity (Wildman–Crippen MR) is 56.1 cm³/mol. The van der Waals surface area contributed by atoms with Crippen molar-refractivity contribution in [1.29, 1.82) is 0 Å². The first-order chi connectivity index (χ1) is 6.57. The molecule has 0 saturated carbocycles. The number of fused-ring (bicyclic) bond motifs is 1. The van der Waals surface area contributed by atoms with E-state index in [4.69, 9.17) is 0 Å². The fraction of sp³-hybridized carbons (Fsp3) is 1.00. The third-order valence-electron chi connectivity index (χ3n) is 3.35. The quantitative estimate of drug-likeness (QED) is 0.642. The van der Waals surface area contributed by atoms with Crippen molar-refractivity contribution >= 4 is 9.84 Å². The molecule has 2 fully saturated rings. The molecule has 4 nitrogen and oxygen atoms in total. The van der Waals surface area contributed by atoms with Gasteiger partial charge in [0, 0.05) is 31.9 Å². The van der Waals surface area contributed by atoms with Gasteiger partial charge in [0.1, 0.15) is 9.84 Å². The summed E-state index contributed by atoms with van der Waals surface area (Å²) in [7, 11) is -2.83. The zero-order chi connectivity index (χ0) is 10.2. The zero-order valence-electron chi connectivity index (χ0n) is 8.57. The Labute approximate surface area is 85.6 Å². The highest BCUT2D eigenvalue weighted by Crippen LogP contribution is 2.23. The maximum Gasteiger partial charge on any atom is 0.150 e. The summed E-state index contributed by atoms with van der Waals surface area (Å²) in [6.07, 6.45) is 2.99. The first kappa shape index (κ1) is 10.4. The summed E-state index contributed by atoms with van der Waals surface area (Å²) >= 11 is 0. The Morgan fingerprint density at radius 1 is 1.36 bits per heavy atom. The lowest BCUT2D eigenvalue weighted by molar-refractivity contribution is 0.122. The zero-order valence-corrected chi connectivity index (χ0v) is 9.39. The van der Waals surface area contributed by atoms with Crippen LogP contribution in [0.5, 0.6) is 0 Å². The van der Waals surface area contributed by atoms with E-state index in [9.17, 15) is 8.42 Å². The normalized spacial score (nSPS) is 35.2. The monoisotopic (exact) mass is 218 g/mol. The highest BCUT2D eigenvalue weighted by atomic mass is 32.2. The lowest BCUT2D eigenvalue weighted by Crippen LogP contribution is -2.56. The van der Waals surface area contributed by atoms with Crippen molar-refractivity contribution in [3.05, 3.63) is 0 Å². The van der Waals surface area contributed by atoms with Crippen molar-refractivity contribution in [3.8, 4) is 0 Å². The van der Waals surface area contributed by atoms with E-state index in [1.807, 2.05) is 0 Å². The largest absolute Gasteiger partial charge is 0.314 e. The van der Waals surface area contributed by atoms with Crippen LogP contribution in [0, 0.1) is 0 Å². The molecule has 1 N–H and O–H groups in total. The molecule has 2 aliphatic heterocycles. The first-order valence-electron chi connectivity index (χ1n) is 5.21. The van der Waals surface area contributed by atoms with E-state index in [1.54, 1.807) is 0 Å². The highest BCUT2D eigenvalue weighted by Gasteiger charge is 2.34. The third kappa shape index (κ3) is 2.10. The van der Waals surface area contributed by atoms with E-state index < -0.39 is 9.84 Å². The molecule has 5 heteroatoms. The van der Waals surface area contributed by atoms with Gasteiger partial charge in [-0.05, 0) is 19.4 Å². The Balaban J connectivity index is 2.03. The van der Waals surface area contributed by atoms with Crippen LogP contribution in [-0.2, 0) is 9.84 Å². The minimum absolute atomic E-state index is 0.108. The molecular weight excluding hydrogens is 200 g/mol. The number of piperidine rings is 1. The Morgan fingerprint density at radius 2 is 2.14 bits per heavy atom. The van der Waals surface area contributed by atoms with E-state index in [-0.39, 0.29) is 5.25 Å². The van der Waals surface area contributed by atoms with Crippen molar-refractivity contribution in [2.24, 2.45) is 0 Å². The van der Waals surface area contributed by atoms with Crippen molar-refractivity contribution in [1.82, 2.24) is 10.2 Å². The molecule has 2 unspecified atom stereocenters. The minimum Gasteiger partial charge on any atom is -0.314 e. The summed E-state index contributed by atoms with van der Waals surface area (Å²) in [5.74, 6) is 0. The van der Waals surface area contributed by atoms with Crippen LogP contribution in [0.25, 0.3) is 0 Å². The molecule has 0 aliphatic carbocycles. The topological polar surface area (TPSA) is 49.4 Å². The van der Waals surface area contributed by atoms with Crippen LogP contribution in [0.2, 0.25) is 0 Å². The van der Waals surface area contributed by atoms with Crippen LogP contribution in [0.4, 0.5) is 0 Å². The van der Waals surface area contributed by atoms with Crippen LogP contribution < -0.4 is 5.32 Å². The molecule has 0 radical (unpaired) electrons. The molecule has 2 heterocycles. The number of hydrogen-bond donors (Lipinski definition) is 1. The standard InChI is InChI=1S/C9H18N2O2S/c1-14(12,13)9-2-4-11-5-3-10-7-8(11)6-9/h8-10H,2-7H2,1H3. The second-order valence-corrected chi connectivity index (χ2v) is 6.70. The summed E-state index contributed by atoms with van der Waals surface area (Å²) in [6.45, 7) is 4.01. The van der Waals surface area contributed by atoms with Crippen LogP contribution in [0.15, 0.2) is 0 Å². The Bertz CT molecular complexity index is 302. The van der Waals surface area contributed by atoms with Crippen molar-refractivity contribution in [2.45, 2.75) is 24.1 Å². The van der Waals surface area contributed by atoms with Crippen molar-refractivity contribution < 1.29 is 8.42 Å². The second kappa shape index (κ2) is 3.79. The first-order valence-corrected chi connectivity index (χ1v) is 7.16. The lowest BCUT2D eigenvalue weighted by Gasteiger charge is -2.42. The molecule has 82 valence electrons. The average Bonchev–Trinajstić information content (AvgIpc) is 2.16. The summed E-state index contributed by atoms with van der Waals surface area (Å²) in [6, 6.07) is 0.442. The van der Waals surface area contributed by atoms with Crippen molar-refractivity contribution in [2.75, 3.05) is 32.4 Å². The van der Waals surface area contributed by atoms with Gasteiger partial charge in [0.15, 0.2) is 0 Å². The molecular formula is C9H18N2O2S. The number of hydrogen-bond acceptors (Lipinski definition) is 4. The van der Waals surface area contributed by atoms with E-state index >= 15 is 0 Å². The molecule has 0 aromatic heterocycles. The minimum atomic E-state index is -2.83. The molecule has 0 amide bonds. The molecule has 0 aromatic carbocycles. The van der Waals surface area contributed by atoms with Gasteiger partial charge in [-0.15, -0.1) is 0 Å². The van der Waals surface area contributed by atoms with E-state index in [2.05, 4.69) is 10.2 Å². The van der Waals surface area contributed by atoms with Gasteiger partial charge in [0.2, 0.25) is 0 Å². The molecule has 2 rings (SSSR count). The number of nitrogens with zero attached hydrogens (tertiary/aromatic N) is 1. The number of sulfone groups is 1. The number of piperazine rings is 1. The summed E-state index contributed by atoms with van der Waals surface area (Å²) in [4.78, 5) is 2.41. The van der Waals surface area contributed by atoms with Gasteiger partial charge in [-0.1, -0.05) is 0 Å². The summed E-state index contributed by atoms with van der Waals surface area (Å²) in [5, 5.41) is 3.21. The van der Waals surface area contributed by atoms with E-state index in [0.29, 0.717) is 6.04 Å². The van der Waals surface area contributed by atoms with Crippen LogP contribution in [0.3, 0.4) is 0 Å². The van der Waals surface area contributed by atoms with Crippen LogP contribution in [0.1, 0.15) is 12.8 Å². The number of nitrogens with one attached hydrogen (secondary N) is 1. The van der Waals surface area contributed by atoms with Gasteiger partial charge in [-0.25, -0.2) is 8.42 Å². The van der Waals surface area contributed by atoms with Gasteiger partial charge in [-0.3, -0.25) is 4.90 Å². The van der Waals surface area contributed by atoms with Gasteiger partial charge in [0.25, 0.3) is 0 Å². The van der Waals surface area contributed by atoms with Gasteiger partial charge in [-0.2, -0.15) is 0 Å². The molecule has 0 bridgehead atoms. The van der Waals surface area contributed by atoms with E-state index in [1.165, 1.54) is 6.26 Å². The third-order valence-corrected chi connectivity index (χ3v) is 4.99. The summed E-state index contributed by atoms with van der Waals surface area (Å²) < 4.78 is 22.8. The Morgan fingerprint density at radius 3 is 2.86 bits per heavy atom. The maximum atomic E-state index is 11.4. The van der Waals surface area contributed by atoms with Crippen LogP contribution in [-0.4, -0.2) is 57.0 Å². The molecule has 0 spiro atoms. The molecule has 14 heavy (non-hydrogen) atoms. The molecule has 2 aliphatic rings. The Hall–Kier alpha value is -0.130. The fourth-order valence-corrected chi connectivity index (χ4v) is 3.56. The smallest absolute Gasteiger partial charge is 0.150 e. The maximum absolute atomic E-state index is 11.4. The highest BCUT2D eigenvalue weighted by molar-refractivity contribution is 7.91. The van der Waals surface area contributed by atoms with Gasteiger partial charge < -0.3 is 5.32 Å². The van der Waals surface area contributed by atoms with Crippen LogP contribution >= 0.6 is 0 Å². The molecule has 0 aromatic rings. The van der Waals surface area contributed by atoms with Gasteiger partial charge in [0.05, 0.1) is 5.25 Å². The predicted octanol–water partition coefficient (Wildman–Crippen LogP) is -0.533. The molecule has 2 atom stereocenters. The van der Waals surface area contributed by atoms with Crippen molar-refractivity contribution in [3.63, 3.8) is 0 Å². The molecule has 2 saturated heterocycles. The SMILES string of the molecule is CS(=O)(=O)C1CCN2CCNCC2C1.